The average molecular weight is 344 g/mol. The van der Waals surface area contributed by atoms with Crippen molar-refractivity contribution in [1.29, 1.82) is 0 Å². The second kappa shape index (κ2) is 5.82. The van der Waals surface area contributed by atoms with Gasteiger partial charge in [-0.05, 0) is 46.5 Å². The fourth-order valence-corrected chi connectivity index (χ4v) is 2.74. The average Bonchev–Trinajstić information content (AvgIpc) is 2.49. The molecule has 0 nitrogen and oxygen atoms in total. The van der Waals surface area contributed by atoms with Crippen LogP contribution in [-0.4, -0.2) is 0 Å². The molecule has 0 saturated carbocycles. The van der Waals surface area contributed by atoms with Crippen LogP contribution >= 0.6 is 27.5 Å². The van der Waals surface area contributed by atoms with E-state index in [1.54, 1.807) is 0 Å². The van der Waals surface area contributed by atoms with E-state index in [-0.39, 0.29) is 0 Å². The molecule has 20 heavy (non-hydrogen) atoms. The van der Waals surface area contributed by atoms with E-state index in [4.69, 9.17) is 11.6 Å². The smallest absolute Gasteiger partial charge is 0.0406 e. The van der Waals surface area contributed by atoms with Gasteiger partial charge in [-0.1, -0.05) is 76.1 Å². The molecular formula is C18H12BrCl. The van der Waals surface area contributed by atoms with Crippen LogP contribution in [-0.2, 0) is 0 Å². The van der Waals surface area contributed by atoms with Crippen LogP contribution in [0.25, 0.3) is 22.3 Å². The van der Waals surface area contributed by atoms with Crippen molar-refractivity contribution in [3.05, 3.63) is 82.3 Å². The summed E-state index contributed by atoms with van der Waals surface area (Å²) in [6, 6.07) is 24.7. The summed E-state index contributed by atoms with van der Waals surface area (Å²) in [6.07, 6.45) is 0. The van der Waals surface area contributed by atoms with Gasteiger partial charge >= 0.3 is 0 Å². The van der Waals surface area contributed by atoms with Gasteiger partial charge in [-0.15, -0.1) is 0 Å². The first kappa shape index (κ1) is 13.4. The quantitative estimate of drug-likeness (QED) is 0.502. The van der Waals surface area contributed by atoms with Crippen LogP contribution in [0.2, 0.25) is 5.02 Å². The van der Waals surface area contributed by atoms with E-state index < -0.39 is 0 Å². The zero-order valence-electron chi connectivity index (χ0n) is 10.7. The normalized spacial score (nSPS) is 10.5. The highest BCUT2D eigenvalue weighted by Gasteiger charge is 2.08. The number of halogens is 2. The van der Waals surface area contributed by atoms with Crippen molar-refractivity contribution in [2.45, 2.75) is 0 Å². The molecule has 0 aromatic heterocycles. The first-order chi connectivity index (χ1) is 9.74. The molecular weight excluding hydrogens is 332 g/mol. The summed E-state index contributed by atoms with van der Waals surface area (Å²) in [7, 11) is 0. The number of rotatable bonds is 2. The first-order valence-electron chi connectivity index (χ1n) is 6.35. The fraction of sp³-hybridized carbons (Fsp3) is 0. The Hall–Kier alpha value is -1.57. The minimum Gasteiger partial charge on any atom is -0.0843 e. The van der Waals surface area contributed by atoms with Gasteiger partial charge in [-0.3, -0.25) is 0 Å². The molecule has 0 amide bonds. The van der Waals surface area contributed by atoms with Gasteiger partial charge in [0.1, 0.15) is 0 Å². The van der Waals surface area contributed by atoms with Gasteiger partial charge in [0.2, 0.25) is 0 Å². The van der Waals surface area contributed by atoms with E-state index in [9.17, 15) is 0 Å². The zero-order valence-corrected chi connectivity index (χ0v) is 13.0. The van der Waals surface area contributed by atoms with Crippen LogP contribution in [0.1, 0.15) is 0 Å². The van der Waals surface area contributed by atoms with Gasteiger partial charge in [0, 0.05) is 9.50 Å². The first-order valence-corrected chi connectivity index (χ1v) is 7.52. The van der Waals surface area contributed by atoms with Gasteiger partial charge in [0.05, 0.1) is 0 Å². The maximum Gasteiger partial charge on any atom is 0.0406 e. The van der Waals surface area contributed by atoms with Crippen LogP contribution in [0.4, 0.5) is 0 Å². The van der Waals surface area contributed by atoms with Crippen molar-refractivity contribution < 1.29 is 0 Å². The number of hydrogen-bond acceptors (Lipinski definition) is 0. The molecule has 0 aliphatic rings. The van der Waals surface area contributed by atoms with E-state index >= 15 is 0 Å². The van der Waals surface area contributed by atoms with Crippen LogP contribution in [0.3, 0.4) is 0 Å². The molecule has 3 rings (SSSR count). The maximum atomic E-state index is 5.97. The third-order valence-electron chi connectivity index (χ3n) is 3.22. The van der Waals surface area contributed by atoms with Gasteiger partial charge < -0.3 is 0 Å². The molecule has 0 saturated heterocycles. The van der Waals surface area contributed by atoms with Crippen molar-refractivity contribution in [2.75, 3.05) is 0 Å². The lowest BCUT2D eigenvalue weighted by molar-refractivity contribution is 1.56. The van der Waals surface area contributed by atoms with Gasteiger partial charge in [-0.2, -0.15) is 0 Å². The van der Waals surface area contributed by atoms with Gasteiger partial charge in [0.15, 0.2) is 0 Å². The van der Waals surface area contributed by atoms with Crippen LogP contribution in [0.5, 0.6) is 0 Å². The Bertz CT molecular complexity index is 718. The second-order valence-corrected chi connectivity index (χ2v) is 5.91. The lowest BCUT2D eigenvalue weighted by Gasteiger charge is -2.11. The molecule has 0 unspecified atom stereocenters. The molecule has 0 heterocycles. The Balaban J connectivity index is 2.19. The molecule has 2 heteroatoms. The molecule has 0 fully saturated rings. The van der Waals surface area contributed by atoms with E-state index in [2.05, 4.69) is 70.5 Å². The molecule has 0 atom stereocenters. The van der Waals surface area contributed by atoms with E-state index in [0.29, 0.717) is 0 Å². The lowest BCUT2D eigenvalue weighted by Crippen LogP contribution is -1.85. The zero-order chi connectivity index (χ0) is 13.9. The highest BCUT2D eigenvalue weighted by atomic mass is 79.9. The minimum atomic E-state index is 0.757. The molecule has 0 N–H and O–H groups in total. The van der Waals surface area contributed by atoms with E-state index in [1.165, 1.54) is 22.3 Å². The highest BCUT2D eigenvalue weighted by molar-refractivity contribution is 9.10. The Morgan fingerprint density at radius 1 is 0.650 bits per heavy atom. The molecule has 98 valence electrons. The van der Waals surface area contributed by atoms with E-state index in [0.717, 1.165) is 9.50 Å². The summed E-state index contributed by atoms with van der Waals surface area (Å²) in [5.74, 6) is 0. The van der Waals surface area contributed by atoms with Crippen molar-refractivity contribution in [3.63, 3.8) is 0 Å². The predicted molar refractivity (Wildman–Crippen MR) is 90.0 cm³/mol. The molecule has 0 radical (unpaired) electrons. The summed E-state index contributed by atoms with van der Waals surface area (Å²) in [5.41, 5.74) is 4.79. The summed E-state index contributed by atoms with van der Waals surface area (Å²) in [4.78, 5) is 0. The predicted octanol–water partition coefficient (Wildman–Crippen LogP) is 6.44. The molecule has 3 aromatic rings. The molecule has 0 spiro atoms. The monoisotopic (exact) mass is 342 g/mol. The van der Waals surface area contributed by atoms with Crippen LogP contribution in [0.15, 0.2) is 77.3 Å². The molecule has 0 aliphatic carbocycles. The van der Waals surface area contributed by atoms with Crippen LogP contribution < -0.4 is 0 Å². The minimum absolute atomic E-state index is 0.757. The summed E-state index contributed by atoms with van der Waals surface area (Å²) in [5, 5.41) is 0.757. The second-order valence-electron chi connectivity index (χ2n) is 4.56. The Morgan fingerprint density at radius 2 is 1.30 bits per heavy atom. The fourth-order valence-electron chi connectivity index (χ4n) is 2.25. The van der Waals surface area contributed by atoms with Crippen molar-refractivity contribution in [1.82, 2.24) is 0 Å². The maximum absolute atomic E-state index is 5.97. The molecule has 0 aliphatic heterocycles. The Kier molecular flexibility index (Phi) is 3.90. The van der Waals surface area contributed by atoms with E-state index in [1.807, 2.05) is 18.2 Å². The standard InChI is InChI=1S/C18H12BrCl/c19-15-8-11-17(14-6-9-16(20)10-7-14)18(12-15)13-4-2-1-3-5-13/h1-12H. The summed E-state index contributed by atoms with van der Waals surface area (Å²) >= 11 is 9.53. The topological polar surface area (TPSA) is 0 Å². The van der Waals surface area contributed by atoms with Crippen molar-refractivity contribution >= 4 is 27.5 Å². The molecule has 3 aromatic carbocycles. The Labute approximate surface area is 132 Å². The van der Waals surface area contributed by atoms with Gasteiger partial charge in [-0.25, -0.2) is 0 Å². The lowest BCUT2D eigenvalue weighted by atomic mass is 9.95. The van der Waals surface area contributed by atoms with Crippen molar-refractivity contribution in [2.24, 2.45) is 0 Å². The number of benzene rings is 3. The largest absolute Gasteiger partial charge is 0.0843 e. The molecule has 0 bridgehead atoms. The third-order valence-corrected chi connectivity index (χ3v) is 3.97. The Morgan fingerprint density at radius 3 is 2.00 bits per heavy atom. The summed E-state index contributed by atoms with van der Waals surface area (Å²) in [6.45, 7) is 0. The SMILES string of the molecule is Clc1ccc(-c2ccc(Br)cc2-c2ccccc2)cc1. The third kappa shape index (κ3) is 2.79. The van der Waals surface area contributed by atoms with Gasteiger partial charge in [0.25, 0.3) is 0 Å². The number of hydrogen-bond donors (Lipinski definition) is 0. The highest BCUT2D eigenvalue weighted by Crippen LogP contribution is 2.34. The van der Waals surface area contributed by atoms with Crippen LogP contribution in [0, 0.1) is 0 Å². The summed E-state index contributed by atoms with van der Waals surface area (Å²) < 4.78 is 1.08. The van der Waals surface area contributed by atoms with Crippen molar-refractivity contribution in [3.8, 4) is 22.3 Å².